The van der Waals surface area contributed by atoms with Gasteiger partial charge in [-0.05, 0) is 38.1 Å². The van der Waals surface area contributed by atoms with Crippen LogP contribution in [0.4, 0.5) is 19.0 Å². The van der Waals surface area contributed by atoms with Crippen LogP contribution in [0.2, 0.25) is 0 Å². The Kier molecular flexibility index (Phi) is 5.76. The zero-order valence-electron chi connectivity index (χ0n) is 17.7. The van der Waals surface area contributed by atoms with Crippen LogP contribution in [0.5, 0.6) is 0 Å². The lowest BCUT2D eigenvalue weighted by Gasteiger charge is -2.45. The van der Waals surface area contributed by atoms with Crippen molar-refractivity contribution in [2.45, 2.75) is 32.1 Å². The summed E-state index contributed by atoms with van der Waals surface area (Å²) in [6, 6.07) is 11.3. The number of hydrogen-bond donors (Lipinski definition) is 0. The highest BCUT2D eigenvalue weighted by Gasteiger charge is 2.39. The zero-order valence-corrected chi connectivity index (χ0v) is 17.7. The van der Waals surface area contributed by atoms with Crippen molar-refractivity contribution in [3.8, 4) is 17.5 Å². The molecule has 0 radical (unpaired) electrons. The molecule has 11 heteroatoms. The number of pyridine rings is 1. The number of carbonyl (C=O) groups is 1. The molecule has 0 saturated carbocycles. The van der Waals surface area contributed by atoms with Crippen molar-refractivity contribution in [1.29, 1.82) is 5.26 Å². The SMILES string of the molecule is CC1CN(c2ccc(C#N)cn2)CC(C)N1C(=O)c1cccc(-c2noc(C(F)(F)F)n2)c1. The first-order valence-electron chi connectivity index (χ1n) is 10.1. The van der Waals surface area contributed by atoms with E-state index in [-0.39, 0.29) is 29.4 Å². The number of nitriles is 1. The highest BCUT2D eigenvalue weighted by Crippen LogP contribution is 2.30. The maximum Gasteiger partial charge on any atom is 0.471 e. The van der Waals surface area contributed by atoms with Crippen LogP contribution in [0.3, 0.4) is 0 Å². The first-order chi connectivity index (χ1) is 15.7. The van der Waals surface area contributed by atoms with Crippen LogP contribution in [0, 0.1) is 11.3 Å². The lowest BCUT2D eigenvalue weighted by atomic mass is 10.0. The van der Waals surface area contributed by atoms with Gasteiger partial charge in [-0.1, -0.05) is 17.3 Å². The van der Waals surface area contributed by atoms with E-state index in [1.54, 1.807) is 29.2 Å². The molecule has 3 heterocycles. The summed E-state index contributed by atoms with van der Waals surface area (Å²) in [5.41, 5.74) is 1.04. The predicted octanol–water partition coefficient (Wildman–Crippen LogP) is 3.76. The van der Waals surface area contributed by atoms with Gasteiger partial charge >= 0.3 is 12.1 Å². The monoisotopic (exact) mass is 456 g/mol. The molecule has 1 aliphatic heterocycles. The predicted molar refractivity (Wildman–Crippen MR) is 111 cm³/mol. The number of halogens is 3. The van der Waals surface area contributed by atoms with Gasteiger partial charge in [0.05, 0.1) is 5.56 Å². The van der Waals surface area contributed by atoms with Gasteiger partial charge in [0, 0.05) is 42.5 Å². The van der Waals surface area contributed by atoms with E-state index in [4.69, 9.17) is 5.26 Å². The molecule has 8 nitrogen and oxygen atoms in total. The first kappa shape index (κ1) is 22.3. The Morgan fingerprint density at radius 3 is 2.48 bits per heavy atom. The van der Waals surface area contributed by atoms with E-state index in [2.05, 4.69) is 24.5 Å². The van der Waals surface area contributed by atoms with Crippen LogP contribution in [-0.2, 0) is 6.18 Å². The summed E-state index contributed by atoms with van der Waals surface area (Å²) in [6.45, 7) is 4.91. The summed E-state index contributed by atoms with van der Waals surface area (Å²) in [4.78, 5) is 24.8. The van der Waals surface area contributed by atoms with Crippen molar-refractivity contribution >= 4 is 11.7 Å². The summed E-state index contributed by atoms with van der Waals surface area (Å²) < 4.78 is 42.6. The number of nitrogens with zero attached hydrogens (tertiary/aromatic N) is 6. The van der Waals surface area contributed by atoms with Gasteiger partial charge in [0.15, 0.2) is 0 Å². The van der Waals surface area contributed by atoms with Crippen LogP contribution in [0.15, 0.2) is 47.1 Å². The molecule has 1 aliphatic rings. The van der Waals surface area contributed by atoms with Crippen LogP contribution >= 0.6 is 0 Å². The van der Waals surface area contributed by atoms with Crippen LogP contribution in [0.25, 0.3) is 11.4 Å². The van der Waals surface area contributed by atoms with Crippen molar-refractivity contribution < 1.29 is 22.5 Å². The molecule has 2 atom stereocenters. The van der Waals surface area contributed by atoms with Crippen molar-refractivity contribution in [3.05, 3.63) is 59.6 Å². The van der Waals surface area contributed by atoms with Crippen molar-refractivity contribution in [3.63, 3.8) is 0 Å². The van der Waals surface area contributed by atoms with E-state index in [1.807, 2.05) is 19.9 Å². The summed E-state index contributed by atoms with van der Waals surface area (Å²) in [5.74, 6) is -1.21. The van der Waals surface area contributed by atoms with Gasteiger partial charge in [-0.2, -0.15) is 23.4 Å². The van der Waals surface area contributed by atoms with Gasteiger partial charge in [0.1, 0.15) is 11.9 Å². The molecule has 0 bridgehead atoms. The maximum atomic E-state index is 13.3. The molecule has 1 amide bonds. The molecule has 4 rings (SSSR count). The van der Waals surface area contributed by atoms with E-state index in [0.717, 1.165) is 5.82 Å². The fourth-order valence-electron chi connectivity index (χ4n) is 3.95. The fraction of sp³-hybridized carbons (Fsp3) is 0.318. The number of piperazine rings is 1. The summed E-state index contributed by atoms with van der Waals surface area (Å²) in [7, 11) is 0. The minimum Gasteiger partial charge on any atom is -0.353 e. The molecule has 0 spiro atoms. The number of amides is 1. The topological polar surface area (TPSA) is 99.2 Å². The molecule has 1 aromatic carbocycles. The molecule has 2 unspecified atom stereocenters. The van der Waals surface area contributed by atoms with Gasteiger partial charge < -0.3 is 14.3 Å². The molecule has 33 heavy (non-hydrogen) atoms. The van der Waals surface area contributed by atoms with Crippen molar-refractivity contribution in [2.75, 3.05) is 18.0 Å². The first-order valence-corrected chi connectivity index (χ1v) is 10.1. The Balaban J connectivity index is 1.53. The number of hydrogen-bond acceptors (Lipinski definition) is 7. The molecule has 170 valence electrons. The average molecular weight is 456 g/mol. The number of carbonyl (C=O) groups excluding carboxylic acids is 1. The highest BCUT2D eigenvalue weighted by molar-refractivity contribution is 5.96. The average Bonchev–Trinajstić information content (AvgIpc) is 3.30. The van der Waals surface area contributed by atoms with Crippen molar-refractivity contribution in [2.24, 2.45) is 0 Å². The summed E-state index contributed by atoms with van der Waals surface area (Å²) in [5, 5.41) is 12.3. The van der Waals surface area contributed by atoms with Gasteiger partial charge in [0.2, 0.25) is 5.82 Å². The van der Waals surface area contributed by atoms with E-state index in [1.165, 1.54) is 18.3 Å². The molecule has 1 saturated heterocycles. The quantitative estimate of drug-likeness (QED) is 0.592. The summed E-state index contributed by atoms with van der Waals surface area (Å²) >= 11 is 0. The van der Waals surface area contributed by atoms with Gasteiger partial charge in [0.25, 0.3) is 5.91 Å². The zero-order chi connectivity index (χ0) is 23.8. The van der Waals surface area contributed by atoms with Gasteiger partial charge in [-0.3, -0.25) is 4.79 Å². The Morgan fingerprint density at radius 1 is 1.18 bits per heavy atom. The lowest BCUT2D eigenvalue weighted by molar-refractivity contribution is -0.159. The van der Waals surface area contributed by atoms with Gasteiger partial charge in [-0.25, -0.2) is 4.98 Å². The molecular weight excluding hydrogens is 437 g/mol. The Hall–Kier alpha value is -3.94. The number of anilines is 1. The number of aromatic nitrogens is 3. The third kappa shape index (κ3) is 4.50. The second kappa shape index (κ2) is 8.54. The third-order valence-electron chi connectivity index (χ3n) is 5.39. The van der Waals surface area contributed by atoms with Crippen LogP contribution < -0.4 is 4.90 Å². The maximum absolute atomic E-state index is 13.3. The molecule has 3 aromatic rings. The molecule has 2 aromatic heterocycles. The Bertz CT molecular complexity index is 1190. The van der Waals surface area contributed by atoms with Gasteiger partial charge in [-0.15, -0.1) is 0 Å². The molecule has 0 aliphatic carbocycles. The minimum atomic E-state index is -4.74. The van der Waals surface area contributed by atoms with E-state index in [9.17, 15) is 18.0 Å². The number of benzene rings is 1. The van der Waals surface area contributed by atoms with Crippen LogP contribution in [-0.4, -0.2) is 51.1 Å². The summed E-state index contributed by atoms with van der Waals surface area (Å²) in [6.07, 6.45) is -3.23. The second-order valence-corrected chi connectivity index (χ2v) is 7.83. The van der Waals surface area contributed by atoms with E-state index < -0.39 is 12.1 Å². The highest BCUT2D eigenvalue weighted by atomic mass is 19.4. The van der Waals surface area contributed by atoms with E-state index in [0.29, 0.717) is 24.2 Å². The minimum absolute atomic E-state index is 0.163. The normalized spacial score (nSPS) is 18.8. The van der Waals surface area contributed by atoms with Crippen LogP contribution in [0.1, 0.15) is 35.7 Å². The molecular formula is C22H19F3N6O2. The Morgan fingerprint density at radius 2 is 1.91 bits per heavy atom. The standard InChI is InChI=1S/C22H19F3N6O2/c1-13-11-30(18-7-6-15(9-26)10-27-18)12-14(2)31(13)20(32)17-5-3-4-16(8-17)19-28-21(33-29-19)22(23,24)25/h3-8,10,13-14H,11-12H2,1-2H3. The fourth-order valence-corrected chi connectivity index (χ4v) is 3.95. The van der Waals surface area contributed by atoms with Crippen molar-refractivity contribution in [1.82, 2.24) is 20.0 Å². The third-order valence-corrected chi connectivity index (χ3v) is 5.39. The smallest absolute Gasteiger partial charge is 0.353 e. The molecule has 1 fully saturated rings. The largest absolute Gasteiger partial charge is 0.471 e. The second-order valence-electron chi connectivity index (χ2n) is 7.83. The van der Waals surface area contributed by atoms with E-state index >= 15 is 0 Å². The Labute approximate surface area is 187 Å². The lowest BCUT2D eigenvalue weighted by Crippen LogP contribution is -2.59. The number of rotatable bonds is 3. The molecule has 0 N–H and O–H groups in total. The number of alkyl halides is 3.